The van der Waals surface area contributed by atoms with E-state index in [0.29, 0.717) is 13.0 Å². The zero-order chi connectivity index (χ0) is 10.6. The van der Waals surface area contributed by atoms with E-state index in [4.69, 9.17) is 5.73 Å². The summed E-state index contributed by atoms with van der Waals surface area (Å²) in [5.74, 6) is -0.549. The molecular weight excluding hydrogens is 188 g/mol. The molecule has 0 aliphatic heterocycles. The minimum Gasteiger partial charge on any atom is -0.383 e. The Balaban J connectivity index is 2.72. The molecule has 0 aliphatic rings. The SMILES string of the molecule is CNC(=O)c1noc([C@@H](O)CCN)n1. The van der Waals surface area contributed by atoms with Crippen molar-refractivity contribution in [2.75, 3.05) is 13.6 Å². The molecular formula is C7H12N4O3. The molecule has 0 saturated heterocycles. The van der Waals surface area contributed by atoms with Crippen LogP contribution in [0.3, 0.4) is 0 Å². The number of rotatable bonds is 4. The second-order valence-corrected chi connectivity index (χ2v) is 2.63. The van der Waals surface area contributed by atoms with Crippen molar-refractivity contribution in [2.24, 2.45) is 5.73 Å². The Hall–Kier alpha value is -1.47. The van der Waals surface area contributed by atoms with Crippen LogP contribution in [0.5, 0.6) is 0 Å². The molecule has 1 aromatic rings. The van der Waals surface area contributed by atoms with Crippen LogP contribution in [0.25, 0.3) is 0 Å². The predicted molar refractivity (Wildman–Crippen MR) is 46.3 cm³/mol. The van der Waals surface area contributed by atoms with Crippen LogP contribution in [0.1, 0.15) is 29.0 Å². The van der Waals surface area contributed by atoms with Crippen molar-refractivity contribution in [3.05, 3.63) is 11.7 Å². The number of aliphatic hydroxyl groups is 1. The lowest BCUT2D eigenvalue weighted by atomic mass is 10.2. The van der Waals surface area contributed by atoms with Gasteiger partial charge in [-0.3, -0.25) is 4.79 Å². The van der Waals surface area contributed by atoms with Crippen LogP contribution in [0.4, 0.5) is 0 Å². The lowest BCUT2D eigenvalue weighted by molar-refractivity contribution is 0.0949. The largest absolute Gasteiger partial charge is 0.383 e. The first-order valence-electron chi connectivity index (χ1n) is 4.13. The van der Waals surface area contributed by atoms with E-state index in [9.17, 15) is 9.90 Å². The van der Waals surface area contributed by atoms with E-state index in [0.717, 1.165) is 0 Å². The highest BCUT2D eigenvalue weighted by atomic mass is 16.5. The van der Waals surface area contributed by atoms with Gasteiger partial charge in [0.1, 0.15) is 6.10 Å². The van der Waals surface area contributed by atoms with E-state index in [1.807, 2.05) is 0 Å². The number of nitrogens with zero attached hydrogens (tertiary/aromatic N) is 2. The molecule has 1 aromatic heterocycles. The van der Waals surface area contributed by atoms with Crippen LogP contribution in [0.15, 0.2) is 4.52 Å². The Kier molecular flexibility index (Phi) is 3.55. The lowest BCUT2D eigenvalue weighted by Crippen LogP contribution is -2.19. The van der Waals surface area contributed by atoms with Gasteiger partial charge in [-0.15, -0.1) is 0 Å². The third-order valence-electron chi connectivity index (χ3n) is 1.60. The maximum Gasteiger partial charge on any atom is 0.292 e. The van der Waals surface area contributed by atoms with Crippen LogP contribution >= 0.6 is 0 Å². The Morgan fingerprint density at radius 3 is 3.07 bits per heavy atom. The molecule has 0 fully saturated rings. The van der Waals surface area contributed by atoms with E-state index >= 15 is 0 Å². The van der Waals surface area contributed by atoms with Crippen molar-refractivity contribution < 1.29 is 14.4 Å². The molecule has 78 valence electrons. The highest BCUT2D eigenvalue weighted by molar-refractivity contribution is 5.89. The fourth-order valence-electron chi connectivity index (χ4n) is 0.856. The van der Waals surface area contributed by atoms with E-state index in [-0.39, 0.29) is 11.7 Å². The Morgan fingerprint density at radius 2 is 2.50 bits per heavy atom. The predicted octanol–water partition coefficient (Wildman–Crippen LogP) is -1.19. The first-order chi connectivity index (χ1) is 6.69. The summed E-state index contributed by atoms with van der Waals surface area (Å²) >= 11 is 0. The summed E-state index contributed by atoms with van der Waals surface area (Å²) < 4.78 is 4.67. The molecule has 0 spiro atoms. The number of hydrogen-bond acceptors (Lipinski definition) is 6. The molecule has 0 aromatic carbocycles. The highest BCUT2D eigenvalue weighted by Gasteiger charge is 2.18. The highest BCUT2D eigenvalue weighted by Crippen LogP contribution is 2.12. The molecule has 1 atom stereocenters. The minimum atomic E-state index is -0.911. The number of aliphatic hydroxyl groups excluding tert-OH is 1. The zero-order valence-electron chi connectivity index (χ0n) is 7.73. The molecule has 0 saturated carbocycles. The molecule has 0 radical (unpaired) electrons. The normalized spacial score (nSPS) is 12.5. The van der Waals surface area contributed by atoms with Crippen molar-refractivity contribution in [1.82, 2.24) is 15.5 Å². The van der Waals surface area contributed by atoms with Gasteiger partial charge in [-0.1, -0.05) is 5.16 Å². The molecule has 7 nitrogen and oxygen atoms in total. The quantitative estimate of drug-likeness (QED) is 0.563. The van der Waals surface area contributed by atoms with Crippen molar-refractivity contribution >= 4 is 5.91 Å². The summed E-state index contributed by atoms with van der Waals surface area (Å²) in [7, 11) is 1.45. The summed E-state index contributed by atoms with van der Waals surface area (Å²) in [5, 5.41) is 15.1. The van der Waals surface area contributed by atoms with E-state index < -0.39 is 12.0 Å². The molecule has 1 rings (SSSR count). The Bertz CT molecular complexity index is 312. The van der Waals surface area contributed by atoms with Crippen LogP contribution in [0.2, 0.25) is 0 Å². The molecule has 0 bridgehead atoms. The second-order valence-electron chi connectivity index (χ2n) is 2.63. The van der Waals surface area contributed by atoms with Gasteiger partial charge in [0.25, 0.3) is 17.6 Å². The second kappa shape index (κ2) is 4.68. The number of nitrogens with two attached hydrogens (primary N) is 1. The van der Waals surface area contributed by atoms with Gasteiger partial charge in [-0.25, -0.2) is 0 Å². The number of nitrogens with one attached hydrogen (secondary N) is 1. The van der Waals surface area contributed by atoms with E-state index in [1.165, 1.54) is 7.05 Å². The van der Waals surface area contributed by atoms with Crippen LogP contribution in [-0.4, -0.2) is 34.7 Å². The third-order valence-corrected chi connectivity index (χ3v) is 1.60. The monoisotopic (exact) mass is 200 g/mol. The van der Waals surface area contributed by atoms with Gasteiger partial charge < -0.3 is 20.7 Å². The first-order valence-corrected chi connectivity index (χ1v) is 4.13. The number of aromatic nitrogens is 2. The van der Waals surface area contributed by atoms with Crippen LogP contribution < -0.4 is 11.1 Å². The fraction of sp³-hybridized carbons (Fsp3) is 0.571. The number of hydrogen-bond donors (Lipinski definition) is 3. The lowest BCUT2D eigenvalue weighted by Gasteiger charge is -2.00. The van der Waals surface area contributed by atoms with Gasteiger partial charge in [-0.05, 0) is 13.0 Å². The summed E-state index contributed by atoms with van der Waals surface area (Å²) in [6, 6.07) is 0. The Labute approximate surface area is 80.3 Å². The summed E-state index contributed by atoms with van der Waals surface area (Å²) in [5.41, 5.74) is 5.23. The zero-order valence-corrected chi connectivity index (χ0v) is 7.73. The van der Waals surface area contributed by atoms with E-state index in [1.54, 1.807) is 0 Å². The fourth-order valence-corrected chi connectivity index (χ4v) is 0.856. The van der Waals surface area contributed by atoms with Crippen molar-refractivity contribution in [1.29, 1.82) is 0 Å². The summed E-state index contributed by atoms with van der Waals surface area (Å²) in [6.07, 6.45) is -0.596. The number of amides is 1. The maximum atomic E-state index is 11.0. The standard InChI is InChI=1S/C7H12N4O3/c1-9-6(13)5-10-7(14-11-5)4(12)2-3-8/h4,12H,2-3,8H2,1H3,(H,9,13)/t4-/m0/s1. The first kappa shape index (κ1) is 10.6. The van der Waals surface area contributed by atoms with Crippen LogP contribution in [0, 0.1) is 0 Å². The van der Waals surface area contributed by atoms with Gasteiger partial charge in [0.05, 0.1) is 0 Å². The molecule has 0 unspecified atom stereocenters. The van der Waals surface area contributed by atoms with Crippen molar-refractivity contribution in [3.63, 3.8) is 0 Å². The molecule has 4 N–H and O–H groups in total. The average molecular weight is 200 g/mol. The van der Waals surface area contributed by atoms with Gasteiger partial charge in [0.2, 0.25) is 0 Å². The molecule has 14 heavy (non-hydrogen) atoms. The summed E-state index contributed by atoms with van der Waals surface area (Å²) in [4.78, 5) is 14.7. The smallest absolute Gasteiger partial charge is 0.292 e. The molecule has 7 heteroatoms. The van der Waals surface area contributed by atoms with E-state index in [2.05, 4.69) is 20.0 Å². The molecule has 1 amide bonds. The van der Waals surface area contributed by atoms with Crippen molar-refractivity contribution in [3.8, 4) is 0 Å². The summed E-state index contributed by atoms with van der Waals surface area (Å²) in [6.45, 7) is 0.304. The number of carbonyl (C=O) groups is 1. The third kappa shape index (κ3) is 2.27. The van der Waals surface area contributed by atoms with Crippen molar-refractivity contribution in [2.45, 2.75) is 12.5 Å². The minimum absolute atomic E-state index is 0.00838. The van der Waals surface area contributed by atoms with Gasteiger partial charge >= 0.3 is 0 Å². The van der Waals surface area contributed by atoms with Gasteiger partial charge in [0.15, 0.2) is 0 Å². The molecule has 0 aliphatic carbocycles. The topological polar surface area (TPSA) is 114 Å². The number of carbonyl (C=O) groups excluding carboxylic acids is 1. The Morgan fingerprint density at radius 1 is 1.79 bits per heavy atom. The maximum absolute atomic E-state index is 11.0. The molecule has 1 heterocycles. The average Bonchev–Trinajstić information content (AvgIpc) is 2.66. The van der Waals surface area contributed by atoms with Gasteiger partial charge in [-0.2, -0.15) is 4.98 Å². The van der Waals surface area contributed by atoms with Gasteiger partial charge in [0, 0.05) is 7.05 Å². The van der Waals surface area contributed by atoms with Crippen LogP contribution in [-0.2, 0) is 0 Å².